The summed E-state index contributed by atoms with van der Waals surface area (Å²) in [5.41, 5.74) is 4.16. The summed E-state index contributed by atoms with van der Waals surface area (Å²) >= 11 is 0. The van der Waals surface area contributed by atoms with Crippen LogP contribution in [0.1, 0.15) is 67.9 Å². The topological polar surface area (TPSA) is 216 Å². The van der Waals surface area contributed by atoms with Gasteiger partial charge in [-0.05, 0) is 84.5 Å². The molecule has 0 radical (unpaired) electrons. The summed E-state index contributed by atoms with van der Waals surface area (Å²) in [6, 6.07) is 16.8. The molecule has 6 heterocycles. The van der Waals surface area contributed by atoms with E-state index in [1.54, 1.807) is 47.9 Å². The predicted molar refractivity (Wildman–Crippen MR) is 219 cm³/mol. The molecule has 7 aromatic rings. The van der Waals surface area contributed by atoms with Crippen LogP contribution in [0.4, 0.5) is 4.79 Å². The molecule has 2 aliphatic rings. The minimum Gasteiger partial charge on any atom is -0.508 e. The van der Waals surface area contributed by atoms with Crippen LogP contribution < -0.4 is 15.6 Å². The summed E-state index contributed by atoms with van der Waals surface area (Å²) in [4.78, 5) is 44.2. The number of amides is 1. The summed E-state index contributed by atoms with van der Waals surface area (Å²) in [6.45, 7) is 8.23. The number of carbonyl (C=O) groups is 2. The van der Waals surface area contributed by atoms with Crippen molar-refractivity contribution in [1.82, 2.24) is 34.2 Å². The molecule has 1 atom stereocenters. The quantitative estimate of drug-likeness (QED) is 0.108. The van der Waals surface area contributed by atoms with Gasteiger partial charge in [0.1, 0.15) is 23.9 Å². The number of hydrogen-bond donors (Lipinski definition) is 5. The van der Waals surface area contributed by atoms with Gasteiger partial charge >= 0.3 is 18.1 Å². The highest BCUT2D eigenvalue weighted by Gasteiger charge is 2.45. The maximum Gasteiger partial charge on any atom is 0.412 e. The van der Waals surface area contributed by atoms with Gasteiger partial charge in [0.2, 0.25) is 0 Å². The molecule has 306 valence electrons. The highest BCUT2D eigenvalue weighted by molar-refractivity contribution is 5.90. The first-order chi connectivity index (χ1) is 28.8. The molecule has 4 aromatic heterocycles. The van der Waals surface area contributed by atoms with Gasteiger partial charge in [-0.1, -0.05) is 32.8 Å². The number of benzene rings is 3. The zero-order valence-corrected chi connectivity index (χ0v) is 33.2. The van der Waals surface area contributed by atoms with E-state index in [1.807, 2.05) is 49.7 Å². The van der Waals surface area contributed by atoms with E-state index in [9.17, 15) is 34.8 Å². The Kier molecular flexibility index (Phi) is 9.11. The Bertz CT molecular complexity index is 3000. The maximum atomic E-state index is 13.7. The molecule has 1 amide bonds. The van der Waals surface area contributed by atoms with Gasteiger partial charge < -0.3 is 44.4 Å². The van der Waals surface area contributed by atoms with Crippen molar-refractivity contribution in [3.63, 3.8) is 0 Å². The van der Waals surface area contributed by atoms with E-state index < -0.39 is 17.7 Å². The fraction of sp³-hybridized carbons (Fsp3) is 0.273. The summed E-state index contributed by atoms with van der Waals surface area (Å²) in [5.74, 6) is -0.529. The molecule has 16 heteroatoms. The number of aromatic hydroxyl groups is 3. The van der Waals surface area contributed by atoms with Crippen molar-refractivity contribution in [2.75, 3.05) is 6.54 Å². The first kappa shape index (κ1) is 38.3. The average Bonchev–Trinajstić information content (AvgIpc) is 3.93. The van der Waals surface area contributed by atoms with Gasteiger partial charge in [-0.2, -0.15) is 0 Å². The third kappa shape index (κ3) is 6.01. The molecule has 2 aliphatic heterocycles. The molecule has 16 nitrogen and oxygen atoms in total. The minimum atomic E-state index is -1.92. The second-order valence-corrected chi connectivity index (χ2v) is 15.4. The number of rotatable bonds is 9. The Morgan fingerprint density at radius 3 is 2.57 bits per heavy atom. The van der Waals surface area contributed by atoms with Gasteiger partial charge in [-0.3, -0.25) is 4.79 Å². The van der Waals surface area contributed by atoms with Crippen LogP contribution >= 0.6 is 0 Å². The van der Waals surface area contributed by atoms with Gasteiger partial charge in [0.05, 0.1) is 40.3 Å². The number of carbonyl (C=O) groups excluding carboxylic acids is 2. The largest absolute Gasteiger partial charge is 0.508 e. The van der Waals surface area contributed by atoms with Crippen LogP contribution in [-0.2, 0) is 41.2 Å². The highest BCUT2D eigenvalue weighted by atomic mass is 16.6. The number of aliphatic hydroxyl groups is 1. The zero-order valence-electron chi connectivity index (χ0n) is 33.2. The number of aryl methyl sites for hydroxylation is 1. The van der Waals surface area contributed by atoms with E-state index in [4.69, 9.17) is 14.5 Å². The molecule has 0 spiro atoms. The minimum absolute atomic E-state index is 0.0337. The number of nitrogens with one attached hydrogen (secondary N) is 1. The Morgan fingerprint density at radius 1 is 0.983 bits per heavy atom. The van der Waals surface area contributed by atoms with E-state index in [-0.39, 0.29) is 72.1 Å². The Labute approximate surface area is 341 Å². The average molecular weight is 812 g/mol. The maximum absolute atomic E-state index is 13.7. The number of hydrogen-bond acceptors (Lipinski definition) is 12. The van der Waals surface area contributed by atoms with Crippen molar-refractivity contribution in [3.05, 3.63) is 105 Å². The summed E-state index contributed by atoms with van der Waals surface area (Å²) < 4.78 is 15.9. The first-order valence-corrected chi connectivity index (χ1v) is 19.7. The monoisotopic (exact) mass is 811 g/mol. The number of cyclic esters (lactones) is 1. The van der Waals surface area contributed by atoms with Crippen molar-refractivity contribution in [2.24, 2.45) is 0 Å². The van der Waals surface area contributed by atoms with E-state index in [1.165, 1.54) is 10.6 Å². The first-order valence-electron chi connectivity index (χ1n) is 19.7. The van der Waals surface area contributed by atoms with E-state index in [0.717, 1.165) is 27.4 Å². The van der Waals surface area contributed by atoms with Crippen LogP contribution in [0, 0.1) is 0 Å². The lowest BCUT2D eigenvalue weighted by Crippen LogP contribution is -2.44. The van der Waals surface area contributed by atoms with Gasteiger partial charge in [0.15, 0.2) is 11.4 Å². The third-order valence-corrected chi connectivity index (χ3v) is 11.6. The molecule has 0 aliphatic carbocycles. The number of fused-ring (bicyclic) bond motifs is 6. The van der Waals surface area contributed by atoms with Crippen LogP contribution in [0.25, 0.3) is 50.3 Å². The summed E-state index contributed by atoms with van der Waals surface area (Å²) in [7, 11) is 0. The lowest BCUT2D eigenvalue weighted by Gasteiger charge is -2.31. The standard InChI is InChI=1S/C44H41N7O9/c1-5-26-28-16-25(8-9-33(28)46-38-30(26)20-50-35(38)18-32-31(40(50)54)21-59-41(55)44(32,58)6-2)60-43(57)45-12-14-49-13-11-23-15-24(7-10-34(23)49)51-39(47-48-42(51)56)29-17-27(22(3)4)36(52)19-37(29)53/h7-11,13,15-19,22,52-53,58H,5-6,12,14,20-21H2,1-4H3,(H,45,57)(H,48,56). The molecular weight excluding hydrogens is 771 g/mol. The fourth-order valence-corrected chi connectivity index (χ4v) is 8.48. The molecule has 0 saturated carbocycles. The predicted octanol–water partition coefficient (Wildman–Crippen LogP) is 5.87. The SMILES string of the molecule is CCc1c2c(nc3ccc(OC(=O)NCCn4ccc5cc(-n6c(O)nnc6-c6cc(C(C)C)c(O)cc6O)ccc54)cc13)-c1cc3c(c(=O)n1C2)COC(=O)C3(O)CC. The van der Waals surface area contributed by atoms with Crippen molar-refractivity contribution in [2.45, 2.75) is 71.8 Å². The van der Waals surface area contributed by atoms with E-state index >= 15 is 0 Å². The number of ether oxygens (including phenoxy) is 2. The van der Waals surface area contributed by atoms with Gasteiger partial charge in [-0.25, -0.2) is 19.1 Å². The molecular formula is C44H41N7O9. The summed E-state index contributed by atoms with van der Waals surface area (Å²) in [6.07, 6.45) is 1.90. The zero-order chi connectivity index (χ0) is 42.2. The number of pyridine rings is 2. The smallest absolute Gasteiger partial charge is 0.412 e. The van der Waals surface area contributed by atoms with Crippen LogP contribution in [0.3, 0.4) is 0 Å². The fourth-order valence-electron chi connectivity index (χ4n) is 8.48. The van der Waals surface area contributed by atoms with Crippen molar-refractivity contribution in [3.8, 4) is 51.7 Å². The Balaban J connectivity index is 0.906. The lowest BCUT2D eigenvalue weighted by atomic mass is 9.86. The van der Waals surface area contributed by atoms with Crippen molar-refractivity contribution >= 4 is 33.9 Å². The van der Waals surface area contributed by atoms with Crippen molar-refractivity contribution < 1.29 is 39.5 Å². The Morgan fingerprint density at radius 2 is 1.80 bits per heavy atom. The Hall–Kier alpha value is -7.20. The molecule has 9 rings (SSSR count). The highest BCUT2D eigenvalue weighted by Crippen LogP contribution is 2.42. The van der Waals surface area contributed by atoms with Gasteiger partial charge in [0.25, 0.3) is 5.56 Å². The van der Waals surface area contributed by atoms with Gasteiger partial charge in [0, 0.05) is 52.8 Å². The molecule has 0 saturated heterocycles. The number of nitrogens with zero attached hydrogens (tertiary/aromatic N) is 6. The molecule has 1 unspecified atom stereocenters. The third-order valence-electron chi connectivity index (χ3n) is 11.6. The van der Waals surface area contributed by atoms with Crippen LogP contribution in [0.5, 0.6) is 23.3 Å². The molecule has 5 N–H and O–H groups in total. The second kappa shape index (κ2) is 14.3. The number of esters is 1. The summed E-state index contributed by atoms with van der Waals surface area (Å²) in [5, 5.41) is 55.4. The van der Waals surface area contributed by atoms with E-state index in [2.05, 4.69) is 15.5 Å². The number of aromatic nitrogens is 6. The van der Waals surface area contributed by atoms with Crippen LogP contribution in [0.2, 0.25) is 0 Å². The second-order valence-electron chi connectivity index (χ2n) is 15.4. The molecule has 0 fully saturated rings. The lowest BCUT2D eigenvalue weighted by molar-refractivity contribution is -0.172. The number of phenolic OH excluding ortho intramolecular Hbond substituents is 2. The molecule has 3 aromatic carbocycles. The van der Waals surface area contributed by atoms with Crippen molar-refractivity contribution in [1.29, 1.82) is 0 Å². The number of phenols is 2. The van der Waals surface area contributed by atoms with Crippen LogP contribution in [0.15, 0.2) is 71.7 Å². The van der Waals surface area contributed by atoms with Gasteiger partial charge in [-0.15, -0.1) is 5.10 Å². The van der Waals surface area contributed by atoms with E-state index in [0.29, 0.717) is 52.4 Å². The van der Waals surface area contributed by atoms with Crippen LogP contribution in [-0.4, -0.2) is 67.9 Å². The normalized spacial score (nSPS) is 15.6. The molecule has 0 bridgehead atoms. The molecule has 60 heavy (non-hydrogen) atoms.